The van der Waals surface area contributed by atoms with Crippen LogP contribution in [0.25, 0.3) is 0 Å². The van der Waals surface area contributed by atoms with Crippen LogP contribution in [0.4, 0.5) is 0 Å². The first-order valence-corrected chi connectivity index (χ1v) is 9.46. The first-order valence-electron chi connectivity index (χ1n) is 9.46. The summed E-state index contributed by atoms with van der Waals surface area (Å²) in [4.78, 5) is 7.34. The minimum atomic E-state index is 0.505. The van der Waals surface area contributed by atoms with Gasteiger partial charge in [0.25, 0.3) is 0 Å². The zero-order valence-corrected chi connectivity index (χ0v) is 15.3. The Bertz CT molecular complexity index is 303. The number of aliphatic imine (C=N–C) groups is 1. The van der Waals surface area contributed by atoms with Gasteiger partial charge >= 0.3 is 0 Å². The minimum Gasteiger partial charge on any atom is -0.357 e. The molecule has 130 valence electrons. The van der Waals surface area contributed by atoms with Crippen molar-refractivity contribution in [1.29, 1.82) is 0 Å². The third kappa shape index (κ3) is 8.02. The van der Waals surface area contributed by atoms with E-state index < -0.39 is 0 Å². The Hall–Kier alpha value is -0.770. The van der Waals surface area contributed by atoms with Gasteiger partial charge in [0.2, 0.25) is 0 Å². The summed E-state index contributed by atoms with van der Waals surface area (Å²) >= 11 is 0. The predicted molar refractivity (Wildman–Crippen MR) is 97.6 cm³/mol. The molecule has 1 saturated heterocycles. The molecular weight excluding hydrogens is 272 g/mol. The van der Waals surface area contributed by atoms with Crippen LogP contribution in [0.2, 0.25) is 0 Å². The number of hydrogen-bond acceptors (Lipinski definition) is 2. The molecule has 2 atom stereocenters. The van der Waals surface area contributed by atoms with Gasteiger partial charge in [0.1, 0.15) is 0 Å². The van der Waals surface area contributed by atoms with Crippen LogP contribution in [-0.2, 0) is 0 Å². The molecule has 0 aliphatic carbocycles. The van der Waals surface area contributed by atoms with Gasteiger partial charge in [-0.2, -0.15) is 0 Å². The van der Waals surface area contributed by atoms with Gasteiger partial charge in [-0.05, 0) is 45.7 Å². The van der Waals surface area contributed by atoms with E-state index in [1.165, 1.54) is 58.2 Å². The van der Waals surface area contributed by atoms with Crippen molar-refractivity contribution in [2.75, 3.05) is 32.7 Å². The molecule has 4 nitrogen and oxygen atoms in total. The summed E-state index contributed by atoms with van der Waals surface area (Å²) in [5, 5.41) is 6.96. The van der Waals surface area contributed by atoms with Crippen molar-refractivity contribution >= 4 is 5.96 Å². The molecule has 22 heavy (non-hydrogen) atoms. The van der Waals surface area contributed by atoms with Crippen LogP contribution in [0.1, 0.15) is 66.2 Å². The van der Waals surface area contributed by atoms with Gasteiger partial charge in [-0.15, -0.1) is 0 Å². The molecule has 0 spiro atoms. The van der Waals surface area contributed by atoms with Crippen LogP contribution in [0.3, 0.4) is 0 Å². The lowest BCUT2D eigenvalue weighted by Crippen LogP contribution is -2.42. The van der Waals surface area contributed by atoms with Crippen LogP contribution >= 0.6 is 0 Å². The first-order chi connectivity index (χ1) is 10.7. The van der Waals surface area contributed by atoms with Crippen molar-refractivity contribution < 1.29 is 0 Å². The lowest BCUT2D eigenvalue weighted by molar-refractivity contribution is 0.343. The fraction of sp³-hybridized carbons (Fsp3) is 0.944. The fourth-order valence-electron chi connectivity index (χ4n) is 3.07. The molecule has 0 amide bonds. The zero-order chi connectivity index (χ0) is 16.2. The molecule has 1 aliphatic heterocycles. The maximum atomic E-state index is 4.82. The van der Waals surface area contributed by atoms with Gasteiger partial charge in [0, 0.05) is 25.7 Å². The van der Waals surface area contributed by atoms with E-state index in [0.29, 0.717) is 6.04 Å². The molecule has 4 heteroatoms. The standard InChI is InChI=1S/C18H38N4/c1-5-8-9-10-11-16(4)21-18(19-6-2)20-14-17-12-13-22(7-3)15-17/h16-17H,5-15H2,1-4H3,(H2,19,20,21). The topological polar surface area (TPSA) is 39.7 Å². The van der Waals surface area contributed by atoms with E-state index in [2.05, 4.69) is 43.2 Å². The van der Waals surface area contributed by atoms with Crippen LogP contribution in [0.5, 0.6) is 0 Å². The molecule has 0 radical (unpaired) electrons. The van der Waals surface area contributed by atoms with E-state index in [4.69, 9.17) is 4.99 Å². The molecule has 0 bridgehead atoms. The number of nitrogens with one attached hydrogen (secondary N) is 2. The van der Waals surface area contributed by atoms with Gasteiger partial charge in [-0.3, -0.25) is 4.99 Å². The molecule has 1 rings (SSSR count). The van der Waals surface area contributed by atoms with Crippen molar-refractivity contribution in [3.63, 3.8) is 0 Å². The number of rotatable bonds is 10. The molecule has 0 aromatic heterocycles. The van der Waals surface area contributed by atoms with Crippen molar-refractivity contribution in [2.45, 2.75) is 72.3 Å². The number of hydrogen-bond donors (Lipinski definition) is 2. The molecule has 0 saturated carbocycles. The number of nitrogens with zero attached hydrogens (tertiary/aromatic N) is 2. The molecule has 1 fully saturated rings. The van der Waals surface area contributed by atoms with E-state index in [-0.39, 0.29) is 0 Å². The zero-order valence-electron chi connectivity index (χ0n) is 15.3. The largest absolute Gasteiger partial charge is 0.357 e. The summed E-state index contributed by atoms with van der Waals surface area (Å²) in [6.45, 7) is 14.4. The van der Waals surface area contributed by atoms with Gasteiger partial charge in [-0.25, -0.2) is 0 Å². The maximum absolute atomic E-state index is 4.82. The Morgan fingerprint density at radius 3 is 2.68 bits per heavy atom. The molecule has 2 unspecified atom stereocenters. The van der Waals surface area contributed by atoms with Crippen LogP contribution in [0.15, 0.2) is 4.99 Å². The number of unbranched alkanes of at least 4 members (excludes halogenated alkanes) is 3. The highest BCUT2D eigenvalue weighted by Crippen LogP contribution is 2.15. The van der Waals surface area contributed by atoms with Gasteiger partial charge < -0.3 is 15.5 Å². The Labute approximate surface area is 138 Å². The van der Waals surface area contributed by atoms with Crippen molar-refractivity contribution in [2.24, 2.45) is 10.9 Å². The van der Waals surface area contributed by atoms with Crippen molar-refractivity contribution in [3.05, 3.63) is 0 Å². The van der Waals surface area contributed by atoms with Crippen LogP contribution in [-0.4, -0.2) is 49.6 Å². The smallest absolute Gasteiger partial charge is 0.191 e. The average Bonchev–Trinajstić information content (AvgIpc) is 2.97. The Morgan fingerprint density at radius 1 is 1.23 bits per heavy atom. The summed E-state index contributed by atoms with van der Waals surface area (Å²) < 4.78 is 0. The molecule has 0 aromatic carbocycles. The lowest BCUT2D eigenvalue weighted by atomic mass is 10.1. The number of guanidine groups is 1. The SMILES string of the molecule is CCCCCCC(C)NC(=NCC1CCN(CC)C1)NCC. The Balaban J connectivity index is 2.32. The minimum absolute atomic E-state index is 0.505. The fourth-order valence-corrected chi connectivity index (χ4v) is 3.07. The van der Waals surface area contributed by atoms with Crippen molar-refractivity contribution in [3.8, 4) is 0 Å². The monoisotopic (exact) mass is 310 g/mol. The highest BCUT2D eigenvalue weighted by molar-refractivity contribution is 5.80. The molecule has 1 heterocycles. The third-order valence-electron chi connectivity index (χ3n) is 4.54. The van der Waals surface area contributed by atoms with E-state index >= 15 is 0 Å². The number of likely N-dealkylation sites (tertiary alicyclic amines) is 1. The van der Waals surface area contributed by atoms with E-state index in [1.54, 1.807) is 0 Å². The quantitative estimate of drug-likeness (QED) is 0.370. The Morgan fingerprint density at radius 2 is 2.05 bits per heavy atom. The summed E-state index contributed by atoms with van der Waals surface area (Å²) in [6.07, 6.45) is 7.86. The van der Waals surface area contributed by atoms with Gasteiger partial charge in [0.05, 0.1) is 0 Å². The summed E-state index contributed by atoms with van der Waals surface area (Å²) in [5.41, 5.74) is 0. The summed E-state index contributed by atoms with van der Waals surface area (Å²) in [6, 6.07) is 0.505. The lowest BCUT2D eigenvalue weighted by Gasteiger charge is -2.18. The molecule has 1 aliphatic rings. The second kappa shape index (κ2) is 11.8. The maximum Gasteiger partial charge on any atom is 0.191 e. The molecule has 2 N–H and O–H groups in total. The highest BCUT2D eigenvalue weighted by Gasteiger charge is 2.20. The third-order valence-corrected chi connectivity index (χ3v) is 4.54. The normalized spacial score (nSPS) is 21.1. The highest BCUT2D eigenvalue weighted by atomic mass is 15.2. The van der Waals surface area contributed by atoms with Gasteiger partial charge in [0.15, 0.2) is 5.96 Å². The average molecular weight is 311 g/mol. The van der Waals surface area contributed by atoms with Gasteiger partial charge in [-0.1, -0.05) is 39.5 Å². The Kier molecular flexibility index (Phi) is 10.3. The molecule has 0 aromatic rings. The second-order valence-corrected chi connectivity index (χ2v) is 6.66. The van der Waals surface area contributed by atoms with E-state index in [0.717, 1.165) is 25.0 Å². The van der Waals surface area contributed by atoms with E-state index in [9.17, 15) is 0 Å². The van der Waals surface area contributed by atoms with Crippen LogP contribution < -0.4 is 10.6 Å². The second-order valence-electron chi connectivity index (χ2n) is 6.66. The van der Waals surface area contributed by atoms with E-state index in [1.807, 2.05) is 0 Å². The predicted octanol–water partition coefficient (Wildman–Crippen LogP) is 3.24. The van der Waals surface area contributed by atoms with Crippen LogP contribution in [0, 0.1) is 5.92 Å². The summed E-state index contributed by atoms with van der Waals surface area (Å²) in [7, 11) is 0. The molecular formula is C18H38N4. The van der Waals surface area contributed by atoms with Crippen molar-refractivity contribution in [1.82, 2.24) is 15.5 Å². The first kappa shape index (κ1) is 19.3. The summed E-state index contributed by atoms with van der Waals surface area (Å²) in [5.74, 6) is 1.73.